The number of carbonyl (C=O) groups excluding carboxylic acids is 1. The van der Waals surface area contributed by atoms with Crippen molar-refractivity contribution >= 4 is 17.3 Å². The number of anilines is 2. The van der Waals surface area contributed by atoms with E-state index in [1.165, 1.54) is 12.8 Å². The Hall–Kier alpha value is -1.51. The van der Waals surface area contributed by atoms with Crippen LogP contribution in [0.4, 0.5) is 11.4 Å². The van der Waals surface area contributed by atoms with Crippen LogP contribution < -0.4 is 10.6 Å². The van der Waals surface area contributed by atoms with Gasteiger partial charge >= 0.3 is 0 Å². The maximum Gasteiger partial charge on any atom is 0.229 e. The molecule has 0 bridgehead atoms. The summed E-state index contributed by atoms with van der Waals surface area (Å²) in [6, 6.07) is 7.50. The number of nitrogens with zero attached hydrogens (tertiary/aromatic N) is 1. The normalized spacial score (nSPS) is 23.7. The molecule has 0 atom stereocenters. The van der Waals surface area contributed by atoms with Crippen molar-refractivity contribution in [3.8, 4) is 0 Å². The molecule has 0 unspecified atom stereocenters. The minimum Gasteiger partial charge on any atom is -0.399 e. The van der Waals surface area contributed by atoms with E-state index in [1.54, 1.807) is 4.90 Å². The zero-order valence-electron chi connectivity index (χ0n) is 11.2. The summed E-state index contributed by atoms with van der Waals surface area (Å²) in [7, 11) is 1.84. The molecule has 18 heavy (non-hydrogen) atoms. The quantitative estimate of drug-likeness (QED) is 0.815. The highest BCUT2D eigenvalue weighted by atomic mass is 16.2. The van der Waals surface area contributed by atoms with Crippen molar-refractivity contribution < 1.29 is 4.79 Å². The van der Waals surface area contributed by atoms with Gasteiger partial charge in [-0.1, -0.05) is 13.0 Å². The highest BCUT2D eigenvalue weighted by Crippen LogP contribution is 2.30. The molecule has 1 amide bonds. The largest absolute Gasteiger partial charge is 0.399 e. The van der Waals surface area contributed by atoms with Crippen LogP contribution in [0.1, 0.15) is 32.6 Å². The van der Waals surface area contributed by atoms with Gasteiger partial charge < -0.3 is 10.6 Å². The maximum atomic E-state index is 12.4. The minimum atomic E-state index is 0.188. The molecule has 3 heteroatoms. The average molecular weight is 246 g/mol. The predicted molar refractivity (Wildman–Crippen MR) is 75.4 cm³/mol. The van der Waals surface area contributed by atoms with E-state index in [2.05, 4.69) is 6.92 Å². The van der Waals surface area contributed by atoms with Crippen molar-refractivity contribution in [3.63, 3.8) is 0 Å². The number of rotatable bonds is 2. The number of hydrogen-bond donors (Lipinski definition) is 1. The highest BCUT2D eigenvalue weighted by Gasteiger charge is 2.27. The third kappa shape index (κ3) is 2.84. The van der Waals surface area contributed by atoms with E-state index in [4.69, 9.17) is 5.73 Å². The summed E-state index contributed by atoms with van der Waals surface area (Å²) in [6.45, 7) is 2.27. The van der Waals surface area contributed by atoms with E-state index in [0.717, 1.165) is 24.4 Å². The molecule has 0 heterocycles. The Kier molecular flexibility index (Phi) is 3.90. The minimum absolute atomic E-state index is 0.188. The third-order valence-electron chi connectivity index (χ3n) is 3.95. The number of amides is 1. The van der Waals surface area contributed by atoms with Gasteiger partial charge in [0.2, 0.25) is 5.91 Å². The summed E-state index contributed by atoms with van der Waals surface area (Å²) >= 11 is 0. The van der Waals surface area contributed by atoms with Gasteiger partial charge in [0, 0.05) is 24.3 Å². The summed E-state index contributed by atoms with van der Waals surface area (Å²) in [5, 5.41) is 0. The van der Waals surface area contributed by atoms with Gasteiger partial charge in [0.25, 0.3) is 0 Å². The van der Waals surface area contributed by atoms with Crippen molar-refractivity contribution in [2.45, 2.75) is 32.6 Å². The third-order valence-corrected chi connectivity index (χ3v) is 3.95. The van der Waals surface area contributed by atoms with Crippen LogP contribution in [-0.2, 0) is 4.79 Å². The van der Waals surface area contributed by atoms with Crippen LogP contribution in [-0.4, -0.2) is 13.0 Å². The second kappa shape index (κ2) is 5.42. The van der Waals surface area contributed by atoms with E-state index < -0.39 is 0 Å². The lowest BCUT2D eigenvalue weighted by Gasteiger charge is -2.29. The van der Waals surface area contributed by atoms with Crippen LogP contribution in [0.3, 0.4) is 0 Å². The van der Waals surface area contributed by atoms with E-state index >= 15 is 0 Å². The summed E-state index contributed by atoms with van der Waals surface area (Å²) in [5.74, 6) is 1.19. The van der Waals surface area contributed by atoms with Gasteiger partial charge in [-0.25, -0.2) is 0 Å². The maximum absolute atomic E-state index is 12.4. The first-order valence-corrected chi connectivity index (χ1v) is 6.71. The molecule has 1 aliphatic carbocycles. The van der Waals surface area contributed by atoms with E-state index in [-0.39, 0.29) is 11.8 Å². The Morgan fingerprint density at radius 1 is 1.28 bits per heavy atom. The fraction of sp³-hybridized carbons (Fsp3) is 0.533. The van der Waals surface area contributed by atoms with Gasteiger partial charge in [0.1, 0.15) is 0 Å². The van der Waals surface area contributed by atoms with Gasteiger partial charge in [0.05, 0.1) is 0 Å². The number of hydrogen-bond acceptors (Lipinski definition) is 2. The molecule has 2 rings (SSSR count). The van der Waals surface area contributed by atoms with Crippen molar-refractivity contribution in [2.24, 2.45) is 11.8 Å². The summed E-state index contributed by atoms with van der Waals surface area (Å²) in [5.41, 5.74) is 7.34. The molecule has 1 aromatic carbocycles. The molecule has 0 saturated heterocycles. The van der Waals surface area contributed by atoms with Gasteiger partial charge in [-0.05, 0) is 49.8 Å². The number of nitrogen functional groups attached to an aromatic ring is 1. The second-order valence-electron chi connectivity index (χ2n) is 5.45. The van der Waals surface area contributed by atoms with E-state index in [1.807, 2.05) is 31.3 Å². The predicted octanol–water partition coefficient (Wildman–Crippen LogP) is 3.06. The molecule has 1 saturated carbocycles. The smallest absolute Gasteiger partial charge is 0.229 e. The first kappa shape index (κ1) is 12.9. The first-order valence-electron chi connectivity index (χ1n) is 6.71. The summed E-state index contributed by atoms with van der Waals surface area (Å²) in [4.78, 5) is 14.1. The van der Waals surface area contributed by atoms with Crippen LogP contribution in [0.15, 0.2) is 24.3 Å². The first-order chi connectivity index (χ1) is 8.58. The highest BCUT2D eigenvalue weighted by molar-refractivity contribution is 5.94. The Balaban J connectivity index is 2.04. The molecule has 1 aromatic rings. The average Bonchev–Trinajstić information content (AvgIpc) is 2.38. The Bertz CT molecular complexity index is 422. The zero-order valence-corrected chi connectivity index (χ0v) is 11.2. The summed E-state index contributed by atoms with van der Waals surface area (Å²) in [6.07, 6.45) is 4.38. The van der Waals surface area contributed by atoms with Gasteiger partial charge in [-0.2, -0.15) is 0 Å². The SMILES string of the molecule is CC1CCC(C(=O)N(C)c2cccc(N)c2)CC1. The number of benzene rings is 1. The van der Waals surface area contributed by atoms with Crippen molar-refractivity contribution in [1.82, 2.24) is 0 Å². The van der Waals surface area contributed by atoms with Gasteiger partial charge in [0.15, 0.2) is 0 Å². The van der Waals surface area contributed by atoms with Crippen LogP contribution in [0, 0.1) is 11.8 Å². The van der Waals surface area contributed by atoms with Crippen LogP contribution >= 0.6 is 0 Å². The van der Waals surface area contributed by atoms with Gasteiger partial charge in [-0.3, -0.25) is 4.79 Å². The lowest BCUT2D eigenvalue weighted by atomic mass is 9.82. The molecule has 98 valence electrons. The monoisotopic (exact) mass is 246 g/mol. The molecule has 1 fully saturated rings. The lowest BCUT2D eigenvalue weighted by molar-refractivity contribution is -0.123. The molecule has 0 radical (unpaired) electrons. The lowest BCUT2D eigenvalue weighted by Crippen LogP contribution is -2.34. The second-order valence-corrected chi connectivity index (χ2v) is 5.45. The van der Waals surface area contributed by atoms with Crippen LogP contribution in [0.2, 0.25) is 0 Å². The van der Waals surface area contributed by atoms with Crippen LogP contribution in [0.25, 0.3) is 0 Å². The Morgan fingerprint density at radius 3 is 2.56 bits per heavy atom. The zero-order chi connectivity index (χ0) is 13.1. The molecule has 0 aromatic heterocycles. The molecular formula is C15H22N2O. The molecule has 0 aliphatic heterocycles. The van der Waals surface area contributed by atoms with Crippen molar-refractivity contribution in [1.29, 1.82) is 0 Å². The van der Waals surface area contributed by atoms with E-state index in [0.29, 0.717) is 5.69 Å². The van der Waals surface area contributed by atoms with E-state index in [9.17, 15) is 4.79 Å². The topological polar surface area (TPSA) is 46.3 Å². The number of carbonyl (C=O) groups is 1. The van der Waals surface area contributed by atoms with Crippen molar-refractivity contribution in [3.05, 3.63) is 24.3 Å². The summed E-state index contributed by atoms with van der Waals surface area (Å²) < 4.78 is 0. The van der Waals surface area contributed by atoms with Crippen LogP contribution in [0.5, 0.6) is 0 Å². The standard InChI is InChI=1S/C15H22N2O/c1-11-6-8-12(9-7-11)15(18)17(2)14-5-3-4-13(16)10-14/h3-5,10-12H,6-9,16H2,1-2H3. The fourth-order valence-electron chi connectivity index (χ4n) is 2.64. The molecule has 2 N–H and O–H groups in total. The fourth-order valence-corrected chi connectivity index (χ4v) is 2.64. The Morgan fingerprint density at radius 2 is 1.94 bits per heavy atom. The van der Waals surface area contributed by atoms with Crippen molar-refractivity contribution in [2.75, 3.05) is 17.7 Å². The molecular weight excluding hydrogens is 224 g/mol. The molecule has 0 spiro atoms. The number of nitrogens with two attached hydrogens (primary N) is 1. The molecule has 3 nitrogen and oxygen atoms in total. The molecule has 1 aliphatic rings. The Labute approximate surface area is 109 Å². The van der Waals surface area contributed by atoms with Gasteiger partial charge in [-0.15, -0.1) is 0 Å².